The van der Waals surface area contributed by atoms with Crippen molar-refractivity contribution in [1.82, 2.24) is 0 Å². The zero-order valence-electron chi connectivity index (χ0n) is 53.7. The SMILES string of the molecule is CO[C@@H]1[C@@H](OC)[C@H]2O[C@H]3[C@H](OC)[C@@H](OC)[C@@H](O[C@H]4[C@H](OC)[C@@H](OC)[C@@H](O[C@H]5[C@H](OC)[C@@H](OC)[C@@H](O[C@H]6[C@H](OC)[C@@H](OC)[C@@H](O[C@H]7[C@H](OC)[C@@H](OC)[C@@H](O[C@H]8[C@H](OC)[C@@H](OC)[C@@H](O[C@@H]1[C@@H](CO)O2)O[C@@H]8CO)O[C@@H]7CO)O[C@@H]6CS)O[C@@H]5CS)O[C@@H]4CO)O[C@@H]3CO. The van der Waals surface area contributed by atoms with Gasteiger partial charge in [0.2, 0.25) is 0 Å². The summed E-state index contributed by atoms with van der Waals surface area (Å²) in [6, 6.07) is 0. The second kappa shape index (κ2) is 35.9. The Morgan fingerprint density at radius 2 is 0.319 bits per heavy atom. The average Bonchev–Trinajstić information content (AvgIpc) is 0.788. The van der Waals surface area contributed by atoms with Gasteiger partial charge in [0.1, 0.15) is 159 Å². The van der Waals surface area contributed by atoms with E-state index in [1.807, 2.05) is 0 Å². The second-order valence-corrected chi connectivity index (χ2v) is 23.3. The monoisotopic (exact) mass is 1360 g/mol. The average molecular weight is 1360 g/mol. The third-order valence-electron chi connectivity index (χ3n) is 18.2. The molecule has 21 aliphatic heterocycles. The number of hydrogen-bond donors (Lipinski definition) is 7. The lowest BCUT2D eigenvalue weighted by molar-refractivity contribution is -0.402. The Bertz CT molecular complexity index is 1700. The molecule has 532 valence electrons. The number of methoxy groups -OCH3 is 14. The van der Waals surface area contributed by atoms with E-state index in [-0.39, 0.29) is 11.5 Å². The Morgan fingerprint density at radius 1 is 0.198 bits per heavy atom. The van der Waals surface area contributed by atoms with Crippen LogP contribution in [0, 0.1) is 0 Å². The first-order valence-corrected chi connectivity index (χ1v) is 31.3. The van der Waals surface area contributed by atoms with E-state index in [9.17, 15) is 25.5 Å². The van der Waals surface area contributed by atoms with Gasteiger partial charge in [-0.15, -0.1) is 0 Å². The van der Waals surface area contributed by atoms with Gasteiger partial charge < -0.3 is 158 Å². The van der Waals surface area contributed by atoms with E-state index in [4.69, 9.17) is 158 Å². The van der Waals surface area contributed by atoms with Crippen molar-refractivity contribution in [3.8, 4) is 0 Å². The Balaban J connectivity index is 1.19. The summed E-state index contributed by atoms with van der Waals surface area (Å²) < 4.78 is 179. The van der Waals surface area contributed by atoms with Crippen LogP contribution in [0.4, 0.5) is 0 Å². The Morgan fingerprint density at radius 3 is 0.429 bits per heavy atom. The van der Waals surface area contributed by atoms with Gasteiger partial charge in [0.25, 0.3) is 0 Å². The first-order chi connectivity index (χ1) is 44.2. The van der Waals surface area contributed by atoms with Crippen LogP contribution in [0.3, 0.4) is 0 Å². The highest BCUT2D eigenvalue weighted by molar-refractivity contribution is 7.80. The predicted octanol–water partition coefficient (Wildman–Crippen LogP) is -4.20. The summed E-state index contributed by atoms with van der Waals surface area (Å²) in [5.41, 5.74) is 0. The van der Waals surface area contributed by atoms with Gasteiger partial charge in [0.15, 0.2) is 44.0 Å². The highest BCUT2D eigenvalue weighted by atomic mass is 32.1. The van der Waals surface area contributed by atoms with Crippen molar-refractivity contribution >= 4 is 25.3 Å². The molecule has 14 bridgehead atoms. The zero-order chi connectivity index (χ0) is 66.0. The van der Waals surface area contributed by atoms with Gasteiger partial charge in [0, 0.05) is 111 Å². The maximum Gasteiger partial charge on any atom is 0.187 e. The third kappa shape index (κ3) is 15.6. The molecule has 21 fully saturated rings. The number of ether oxygens (including phenoxy) is 28. The number of aliphatic hydroxyl groups excluding tert-OH is 5. The minimum atomic E-state index is -1.39. The van der Waals surface area contributed by atoms with Crippen molar-refractivity contribution < 1.29 is 158 Å². The van der Waals surface area contributed by atoms with Crippen LogP contribution >= 0.6 is 25.3 Å². The van der Waals surface area contributed by atoms with Crippen LogP contribution in [-0.2, 0) is 133 Å². The van der Waals surface area contributed by atoms with Crippen molar-refractivity contribution in [3.05, 3.63) is 0 Å². The highest BCUT2D eigenvalue weighted by Crippen LogP contribution is 2.43. The fourth-order valence-corrected chi connectivity index (χ4v) is 14.4. The largest absolute Gasteiger partial charge is 0.394 e. The molecule has 0 aliphatic carbocycles. The van der Waals surface area contributed by atoms with Crippen LogP contribution in [0.2, 0.25) is 0 Å². The highest BCUT2D eigenvalue weighted by Gasteiger charge is 2.62. The second-order valence-electron chi connectivity index (χ2n) is 22.6. The maximum absolute atomic E-state index is 11.1. The van der Waals surface area contributed by atoms with Crippen LogP contribution in [0.5, 0.6) is 0 Å². The van der Waals surface area contributed by atoms with Gasteiger partial charge in [-0.2, -0.15) is 25.3 Å². The topological polar surface area (TPSA) is 360 Å². The number of hydrogen-bond acceptors (Lipinski definition) is 35. The summed E-state index contributed by atoms with van der Waals surface area (Å²) in [4.78, 5) is 0. The quantitative estimate of drug-likeness (QED) is 0.0536. The molecule has 0 saturated carbocycles. The van der Waals surface area contributed by atoms with Crippen LogP contribution in [0.25, 0.3) is 0 Å². The minimum absolute atomic E-state index is 0.0370. The van der Waals surface area contributed by atoms with E-state index in [0.717, 1.165) is 0 Å². The predicted molar refractivity (Wildman–Crippen MR) is 309 cm³/mol. The third-order valence-corrected chi connectivity index (χ3v) is 19.0. The van der Waals surface area contributed by atoms with E-state index < -0.39 is 248 Å². The number of thiol groups is 2. The van der Waals surface area contributed by atoms with Gasteiger partial charge >= 0.3 is 0 Å². The van der Waals surface area contributed by atoms with Gasteiger partial charge in [-0.3, -0.25) is 0 Å². The molecule has 0 amide bonds. The molecule has 0 radical (unpaired) electrons. The molecule has 0 aromatic rings. The molecule has 0 unspecified atom stereocenters. The van der Waals surface area contributed by atoms with E-state index in [1.165, 1.54) is 99.5 Å². The van der Waals surface area contributed by atoms with Crippen LogP contribution in [-0.4, -0.2) is 385 Å². The maximum atomic E-state index is 11.1. The first kappa shape index (κ1) is 76.1. The fourth-order valence-electron chi connectivity index (χ4n) is 13.8. The molecule has 21 rings (SSSR count). The van der Waals surface area contributed by atoms with Gasteiger partial charge in [-0.05, 0) is 0 Å². The molecule has 21 saturated heterocycles. The molecule has 5 N–H and O–H groups in total. The van der Waals surface area contributed by atoms with Crippen LogP contribution in [0.15, 0.2) is 0 Å². The smallest absolute Gasteiger partial charge is 0.187 e. The van der Waals surface area contributed by atoms with E-state index in [2.05, 4.69) is 0 Å². The van der Waals surface area contributed by atoms with Crippen molar-refractivity contribution in [2.75, 3.05) is 144 Å². The molecule has 21 aliphatic rings. The van der Waals surface area contributed by atoms with Crippen LogP contribution in [0.1, 0.15) is 0 Å². The lowest BCUT2D eigenvalue weighted by Crippen LogP contribution is -2.69. The van der Waals surface area contributed by atoms with Crippen molar-refractivity contribution in [2.45, 2.75) is 215 Å². The summed E-state index contributed by atoms with van der Waals surface area (Å²) >= 11 is 9.41. The van der Waals surface area contributed by atoms with Crippen molar-refractivity contribution in [2.24, 2.45) is 0 Å². The minimum Gasteiger partial charge on any atom is -0.394 e. The van der Waals surface area contributed by atoms with Gasteiger partial charge in [-0.1, -0.05) is 0 Å². The van der Waals surface area contributed by atoms with Crippen LogP contribution < -0.4 is 0 Å². The normalized spacial score (nSPS) is 48.7. The van der Waals surface area contributed by atoms with E-state index in [1.54, 1.807) is 0 Å². The molecule has 0 spiro atoms. The Labute approximate surface area is 540 Å². The summed E-state index contributed by atoms with van der Waals surface area (Å²) in [6.45, 7) is -3.30. The lowest BCUT2D eigenvalue weighted by Gasteiger charge is -2.52. The molecule has 33 nitrogen and oxygen atoms in total. The molecule has 35 heteroatoms. The summed E-state index contributed by atoms with van der Waals surface area (Å²) in [6.07, 6.45) is -40.5. The molecule has 0 aromatic carbocycles. The fraction of sp³-hybridized carbons (Fsp3) is 1.00. The zero-order valence-corrected chi connectivity index (χ0v) is 55.5. The lowest BCUT2D eigenvalue weighted by atomic mass is 9.94. The molecule has 21 heterocycles. The summed E-state index contributed by atoms with van der Waals surface area (Å²) in [5.74, 6) is 0.0741. The Kier molecular flexibility index (Phi) is 30.1. The Hall–Kier alpha value is -0.620. The molecule has 91 heavy (non-hydrogen) atoms. The first-order valence-electron chi connectivity index (χ1n) is 30.0. The number of rotatable bonds is 21. The van der Waals surface area contributed by atoms with Gasteiger partial charge in [-0.25, -0.2) is 0 Å². The summed E-state index contributed by atoms with van der Waals surface area (Å²) in [7, 11) is 19.8. The molecule has 35 atom stereocenters. The van der Waals surface area contributed by atoms with Gasteiger partial charge in [0.05, 0.1) is 45.2 Å². The van der Waals surface area contributed by atoms with Crippen molar-refractivity contribution in [3.63, 3.8) is 0 Å². The molecular formula is C56H98O33S2. The van der Waals surface area contributed by atoms with E-state index in [0.29, 0.717) is 0 Å². The standard InChI is InChI=1S/C56H98O33S2/c1-62-36-29-22(15-57)76-50(43(36)69-8)84-30-23(16-58)78-52(45(71-10)37(30)63-2)86-32-25(18-60)80-54(47(73-12)39(32)65-4)88-34-27(20-90)82-56(49(75-14)41(34)67-6)89-35-28(21-91)81-55(48(74-13)42(35)68-7)87-33-26(19-61)79-53(46(72-11)40(33)66-5)85-31-24(17-59)77-51(83-29)44(70-9)38(31)64-3/h22-61,90-91H,15-21H2,1-14H3/t22-,23-,24-,25-,26-,27-,28-,29-,30-,31-,32-,33-,34-,35-,36+,37+,38+,39+,40+,41+,42+,43-,44-,45-,46-,47-,48-,49-,50-,51-,52-,53-,54-,55-,56-/m1/s1. The molecular weight excluding hydrogens is 1260 g/mol. The van der Waals surface area contributed by atoms with Crippen molar-refractivity contribution in [1.29, 1.82) is 0 Å². The van der Waals surface area contributed by atoms with E-state index >= 15 is 0 Å². The molecule has 0 aromatic heterocycles. The number of aliphatic hydroxyl groups is 5. The summed E-state index contributed by atoms with van der Waals surface area (Å²) in [5, 5.41) is 55.6.